The molecular formula is C21H27N3O5. The number of hydrogen-bond acceptors (Lipinski definition) is 6. The third-order valence-corrected chi connectivity index (χ3v) is 3.96. The van der Waals surface area contributed by atoms with Crippen molar-refractivity contribution in [3.63, 3.8) is 0 Å². The summed E-state index contributed by atoms with van der Waals surface area (Å²) in [5.41, 5.74) is 6.34. The third kappa shape index (κ3) is 7.81. The molecule has 2 aromatic rings. The molecule has 0 aliphatic carbocycles. The number of amides is 2. The highest BCUT2D eigenvalue weighted by atomic mass is 16.5. The van der Waals surface area contributed by atoms with Gasteiger partial charge in [0.1, 0.15) is 30.8 Å². The van der Waals surface area contributed by atoms with E-state index in [1.165, 1.54) is 6.92 Å². The van der Waals surface area contributed by atoms with Gasteiger partial charge in [0, 0.05) is 25.2 Å². The molecule has 2 rings (SSSR count). The highest BCUT2D eigenvalue weighted by molar-refractivity contribution is 5.95. The summed E-state index contributed by atoms with van der Waals surface area (Å²) in [6, 6.07) is 13.6. The fourth-order valence-corrected chi connectivity index (χ4v) is 2.50. The van der Waals surface area contributed by atoms with E-state index in [0.717, 1.165) is 0 Å². The van der Waals surface area contributed by atoms with Crippen LogP contribution in [0.2, 0.25) is 0 Å². The molecule has 8 nitrogen and oxygen atoms in total. The second-order valence-corrected chi connectivity index (χ2v) is 6.65. The number of rotatable bonds is 11. The number of benzene rings is 2. The Hall–Kier alpha value is -3.10. The summed E-state index contributed by atoms with van der Waals surface area (Å²) >= 11 is 0. The predicted octanol–water partition coefficient (Wildman–Crippen LogP) is 1.54. The molecule has 2 amide bonds. The Bertz CT molecular complexity index is 810. The lowest BCUT2D eigenvalue weighted by atomic mass is 10.2. The van der Waals surface area contributed by atoms with E-state index >= 15 is 0 Å². The van der Waals surface area contributed by atoms with Crippen LogP contribution in [0.5, 0.6) is 11.5 Å². The molecule has 0 fully saturated rings. The Morgan fingerprint density at radius 3 is 2.41 bits per heavy atom. The molecule has 2 unspecified atom stereocenters. The van der Waals surface area contributed by atoms with E-state index in [4.69, 9.17) is 15.2 Å². The number of nitrogens with one attached hydrogen (secondary N) is 2. The van der Waals surface area contributed by atoms with Gasteiger partial charge in [0.25, 0.3) is 5.91 Å². The van der Waals surface area contributed by atoms with Crippen LogP contribution < -0.4 is 25.8 Å². The van der Waals surface area contributed by atoms with Crippen LogP contribution in [0.15, 0.2) is 48.5 Å². The van der Waals surface area contributed by atoms with Crippen molar-refractivity contribution in [2.75, 3.05) is 25.1 Å². The van der Waals surface area contributed by atoms with Crippen molar-refractivity contribution in [1.82, 2.24) is 5.32 Å². The van der Waals surface area contributed by atoms with Crippen LogP contribution in [0.3, 0.4) is 0 Å². The minimum atomic E-state index is -0.717. The van der Waals surface area contributed by atoms with Crippen molar-refractivity contribution in [2.45, 2.75) is 26.0 Å². The van der Waals surface area contributed by atoms with Gasteiger partial charge in [-0.05, 0) is 43.3 Å². The summed E-state index contributed by atoms with van der Waals surface area (Å²) in [6.45, 7) is 4.08. The minimum Gasteiger partial charge on any atom is -0.491 e. The minimum absolute atomic E-state index is 0.0671. The number of ether oxygens (including phenoxy) is 2. The van der Waals surface area contributed by atoms with Gasteiger partial charge < -0.3 is 30.9 Å². The van der Waals surface area contributed by atoms with Crippen LogP contribution >= 0.6 is 0 Å². The molecule has 29 heavy (non-hydrogen) atoms. The molecule has 0 aliphatic rings. The van der Waals surface area contributed by atoms with Gasteiger partial charge in [-0.2, -0.15) is 0 Å². The van der Waals surface area contributed by atoms with Crippen LogP contribution in [-0.2, 0) is 4.79 Å². The molecule has 0 bridgehead atoms. The van der Waals surface area contributed by atoms with Gasteiger partial charge in [-0.3, -0.25) is 9.59 Å². The third-order valence-electron chi connectivity index (χ3n) is 3.96. The van der Waals surface area contributed by atoms with E-state index in [0.29, 0.717) is 35.9 Å². The van der Waals surface area contributed by atoms with Gasteiger partial charge in [-0.15, -0.1) is 0 Å². The molecule has 0 radical (unpaired) electrons. The number of para-hydroxylation sites is 1. The molecule has 5 N–H and O–H groups in total. The average molecular weight is 401 g/mol. The summed E-state index contributed by atoms with van der Waals surface area (Å²) in [7, 11) is 0. The second-order valence-electron chi connectivity index (χ2n) is 6.65. The standard InChI is InChI=1S/C21H27N3O5/c1-14(12-29-20-6-4-3-5-19(20)21(22)27)23-11-17(26)13-28-18-9-7-16(8-10-18)24-15(2)25/h3-10,14,17,23,26H,11-13H2,1-2H3,(H2,22,27)(H,24,25). The fraction of sp³-hybridized carbons (Fsp3) is 0.333. The number of aliphatic hydroxyl groups excluding tert-OH is 1. The zero-order valence-electron chi connectivity index (χ0n) is 16.6. The lowest BCUT2D eigenvalue weighted by Crippen LogP contribution is -2.39. The topological polar surface area (TPSA) is 123 Å². The highest BCUT2D eigenvalue weighted by Gasteiger charge is 2.12. The molecule has 0 saturated heterocycles. The monoisotopic (exact) mass is 401 g/mol. The molecule has 0 aliphatic heterocycles. The predicted molar refractivity (Wildman–Crippen MR) is 110 cm³/mol. The highest BCUT2D eigenvalue weighted by Crippen LogP contribution is 2.17. The number of nitrogens with two attached hydrogens (primary N) is 1. The largest absolute Gasteiger partial charge is 0.491 e. The van der Waals surface area contributed by atoms with Crippen LogP contribution in [0, 0.1) is 0 Å². The Kier molecular flexibility index (Phi) is 8.45. The second kappa shape index (κ2) is 11.0. The molecule has 2 aromatic carbocycles. The molecule has 0 heterocycles. The molecule has 0 spiro atoms. The lowest BCUT2D eigenvalue weighted by Gasteiger charge is -2.19. The summed E-state index contributed by atoms with van der Waals surface area (Å²) in [6.07, 6.45) is -0.717. The summed E-state index contributed by atoms with van der Waals surface area (Å²) < 4.78 is 11.2. The van der Waals surface area contributed by atoms with Crippen LogP contribution in [0.4, 0.5) is 5.69 Å². The number of carbonyl (C=O) groups is 2. The molecule has 8 heteroatoms. The Morgan fingerprint density at radius 2 is 1.76 bits per heavy atom. The van der Waals surface area contributed by atoms with E-state index in [-0.39, 0.29) is 18.6 Å². The first-order valence-corrected chi connectivity index (χ1v) is 9.28. The van der Waals surface area contributed by atoms with E-state index in [9.17, 15) is 14.7 Å². The summed E-state index contributed by atoms with van der Waals surface area (Å²) in [4.78, 5) is 22.4. The number of hydrogen-bond donors (Lipinski definition) is 4. The summed E-state index contributed by atoms with van der Waals surface area (Å²) in [5, 5.41) is 15.9. The van der Waals surface area contributed by atoms with Crippen LogP contribution in [0.25, 0.3) is 0 Å². The number of anilines is 1. The van der Waals surface area contributed by atoms with Crippen molar-refractivity contribution < 1.29 is 24.2 Å². The zero-order valence-corrected chi connectivity index (χ0v) is 16.6. The van der Waals surface area contributed by atoms with Crippen molar-refractivity contribution in [3.05, 3.63) is 54.1 Å². The van der Waals surface area contributed by atoms with E-state index in [2.05, 4.69) is 10.6 Å². The van der Waals surface area contributed by atoms with E-state index in [1.807, 2.05) is 6.92 Å². The lowest BCUT2D eigenvalue weighted by molar-refractivity contribution is -0.114. The van der Waals surface area contributed by atoms with Gasteiger partial charge >= 0.3 is 0 Å². The van der Waals surface area contributed by atoms with Gasteiger partial charge in [-0.25, -0.2) is 0 Å². The molecule has 0 saturated carbocycles. The number of carbonyl (C=O) groups excluding carboxylic acids is 2. The maximum Gasteiger partial charge on any atom is 0.252 e. The van der Waals surface area contributed by atoms with E-state index < -0.39 is 12.0 Å². The molecule has 2 atom stereocenters. The maximum atomic E-state index is 11.4. The maximum absolute atomic E-state index is 11.4. The fourth-order valence-electron chi connectivity index (χ4n) is 2.50. The van der Waals surface area contributed by atoms with E-state index in [1.54, 1.807) is 48.5 Å². The first kappa shape index (κ1) is 22.2. The molecular weight excluding hydrogens is 374 g/mol. The van der Waals surface area contributed by atoms with Crippen LogP contribution in [-0.4, -0.2) is 48.8 Å². The average Bonchev–Trinajstić information content (AvgIpc) is 2.70. The van der Waals surface area contributed by atoms with Crippen molar-refractivity contribution in [1.29, 1.82) is 0 Å². The van der Waals surface area contributed by atoms with Crippen LogP contribution in [0.1, 0.15) is 24.2 Å². The van der Waals surface area contributed by atoms with Crippen molar-refractivity contribution in [3.8, 4) is 11.5 Å². The quantitative estimate of drug-likeness (QED) is 0.453. The molecule has 156 valence electrons. The van der Waals surface area contributed by atoms with Gasteiger partial charge in [0.15, 0.2) is 0 Å². The molecule has 0 aromatic heterocycles. The van der Waals surface area contributed by atoms with Gasteiger partial charge in [0.2, 0.25) is 5.91 Å². The SMILES string of the molecule is CC(=O)Nc1ccc(OCC(O)CNC(C)COc2ccccc2C(N)=O)cc1. The zero-order chi connectivity index (χ0) is 21.2. The first-order chi connectivity index (χ1) is 13.8. The Balaban J connectivity index is 1.70. The van der Waals surface area contributed by atoms with Gasteiger partial charge in [0.05, 0.1) is 5.56 Å². The van der Waals surface area contributed by atoms with Gasteiger partial charge in [-0.1, -0.05) is 12.1 Å². The van der Waals surface area contributed by atoms with Crippen molar-refractivity contribution in [2.24, 2.45) is 5.73 Å². The Labute approximate surface area is 170 Å². The Morgan fingerprint density at radius 1 is 1.07 bits per heavy atom. The normalized spacial score (nSPS) is 12.7. The number of aliphatic hydroxyl groups is 1. The first-order valence-electron chi connectivity index (χ1n) is 9.28. The number of primary amides is 1. The summed E-state index contributed by atoms with van der Waals surface area (Å²) in [5.74, 6) is 0.341. The smallest absolute Gasteiger partial charge is 0.252 e. The van der Waals surface area contributed by atoms with Crippen molar-refractivity contribution >= 4 is 17.5 Å².